The van der Waals surface area contributed by atoms with Crippen molar-refractivity contribution in [2.45, 2.75) is 45.3 Å². The van der Waals surface area contributed by atoms with Crippen molar-refractivity contribution in [2.75, 3.05) is 20.6 Å². The summed E-state index contributed by atoms with van der Waals surface area (Å²) in [4.78, 5) is 16.7. The summed E-state index contributed by atoms with van der Waals surface area (Å²) in [6, 6.07) is 6.47. The molecule has 2 aromatic rings. The van der Waals surface area contributed by atoms with Gasteiger partial charge in [-0.15, -0.1) is 0 Å². The molecule has 0 aliphatic carbocycles. The fourth-order valence-electron chi connectivity index (χ4n) is 3.54. The molecule has 0 spiro atoms. The Kier molecular flexibility index (Phi) is 5.00. The van der Waals surface area contributed by atoms with Gasteiger partial charge in [-0.05, 0) is 70.6 Å². The Hall–Kier alpha value is -1.36. The molecule has 3 rings (SSSR count). The molecule has 0 amide bonds. The van der Waals surface area contributed by atoms with Crippen molar-refractivity contribution < 1.29 is 4.42 Å². The largest absolute Gasteiger partial charge is 0.423 e. The molecule has 5 heteroatoms. The van der Waals surface area contributed by atoms with Gasteiger partial charge in [-0.25, -0.2) is 4.79 Å². The quantitative estimate of drug-likeness (QED) is 0.793. The van der Waals surface area contributed by atoms with E-state index in [-0.39, 0.29) is 5.63 Å². The number of nitrogens with zero attached hydrogens (tertiary/aromatic N) is 2. The zero-order valence-electron chi connectivity index (χ0n) is 14.8. The van der Waals surface area contributed by atoms with Gasteiger partial charge < -0.3 is 9.32 Å². The third-order valence-corrected chi connectivity index (χ3v) is 5.74. The van der Waals surface area contributed by atoms with Gasteiger partial charge in [0.05, 0.1) is 0 Å². The molecule has 1 aromatic carbocycles. The molecule has 0 N–H and O–H groups in total. The maximum atomic E-state index is 11.9. The lowest BCUT2D eigenvalue weighted by Crippen LogP contribution is -2.46. The van der Waals surface area contributed by atoms with Crippen LogP contribution in [0.15, 0.2) is 27.4 Å². The van der Waals surface area contributed by atoms with Crippen molar-refractivity contribution >= 4 is 22.6 Å². The van der Waals surface area contributed by atoms with E-state index in [1.54, 1.807) is 6.07 Å². The van der Waals surface area contributed by atoms with Gasteiger partial charge in [0.2, 0.25) is 0 Å². The molecule has 1 fully saturated rings. The maximum Gasteiger partial charge on any atom is 0.336 e. The highest BCUT2D eigenvalue weighted by molar-refractivity contribution is 6.32. The monoisotopic (exact) mass is 348 g/mol. The van der Waals surface area contributed by atoms with Gasteiger partial charge in [-0.2, -0.15) is 0 Å². The lowest BCUT2D eigenvalue weighted by molar-refractivity contribution is 0.101. The highest BCUT2D eigenvalue weighted by Crippen LogP contribution is 2.27. The zero-order valence-corrected chi connectivity index (χ0v) is 15.6. The van der Waals surface area contributed by atoms with E-state index in [1.807, 2.05) is 19.1 Å². The number of hydrogen-bond acceptors (Lipinski definition) is 4. The Labute approximate surface area is 148 Å². The molecule has 2 heterocycles. The summed E-state index contributed by atoms with van der Waals surface area (Å²) in [5, 5.41) is 1.63. The van der Waals surface area contributed by atoms with Crippen LogP contribution in [0.4, 0.5) is 0 Å². The van der Waals surface area contributed by atoms with E-state index in [9.17, 15) is 4.79 Å². The first kappa shape index (κ1) is 17.5. The number of hydrogen-bond donors (Lipinski definition) is 0. The van der Waals surface area contributed by atoms with Crippen molar-refractivity contribution in [3.63, 3.8) is 0 Å². The van der Waals surface area contributed by atoms with Crippen LogP contribution in [0.1, 0.15) is 30.9 Å². The minimum Gasteiger partial charge on any atom is -0.423 e. The van der Waals surface area contributed by atoms with E-state index < -0.39 is 0 Å². The molecule has 0 saturated carbocycles. The van der Waals surface area contributed by atoms with E-state index in [0.29, 0.717) is 22.7 Å². The van der Waals surface area contributed by atoms with Gasteiger partial charge in [0.25, 0.3) is 0 Å². The van der Waals surface area contributed by atoms with E-state index in [0.717, 1.165) is 42.4 Å². The highest BCUT2D eigenvalue weighted by atomic mass is 35.5. The van der Waals surface area contributed by atoms with Crippen LogP contribution in [-0.4, -0.2) is 42.5 Å². The van der Waals surface area contributed by atoms with Gasteiger partial charge in [0, 0.05) is 35.1 Å². The normalized spacial score (nSPS) is 22.4. The third kappa shape index (κ3) is 3.51. The molecule has 1 aromatic heterocycles. The fraction of sp³-hybridized carbons (Fsp3) is 0.526. The molecule has 2 atom stereocenters. The summed E-state index contributed by atoms with van der Waals surface area (Å²) < 4.78 is 5.36. The van der Waals surface area contributed by atoms with Crippen LogP contribution in [0.25, 0.3) is 11.0 Å². The minimum absolute atomic E-state index is 0.302. The number of rotatable bonds is 3. The van der Waals surface area contributed by atoms with Crippen molar-refractivity contribution in [3.05, 3.63) is 44.8 Å². The Balaban J connectivity index is 1.89. The van der Waals surface area contributed by atoms with Gasteiger partial charge >= 0.3 is 5.63 Å². The Morgan fingerprint density at radius 1 is 1.38 bits per heavy atom. The summed E-state index contributed by atoms with van der Waals surface area (Å²) in [6.45, 7) is 6.02. The molecular formula is C19H25ClN2O2. The van der Waals surface area contributed by atoms with Crippen LogP contribution in [0.3, 0.4) is 0 Å². The van der Waals surface area contributed by atoms with E-state index >= 15 is 0 Å². The van der Waals surface area contributed by atoms with Gasteiger partial charge in [-0.1, -0.05) is 11.6 Å². The predicted molar refractivity (Wildman–Crippen MR) is 98.8 cm³/mol. The fourth-order valence-corrected chi connectivity index (χ4v) is 3.71. The number of piperidine rings is 1. The highest BCUT2D eigenvalue weighted by Gasteiger charge is 2.26. The first-order valence-electron chi connectivity index (χ1n) is 8.48. The summed E-state index contributed by atoms with van der Waals surface area (Å²) in [5.41, 5.74) is 2.22. The van der Waals surface area contributed by atoms with Gasteiger partial charge in [-0.3, -0.25) is 4.90 Å². The van der Waals surface area contributed by atoms with Crippen molar-refractivity contribution in [3.8, 4) is 0 Å². The Morgan fingerprint density at radius 2 is 2.12 bits per heavy atom. The number of halogens is 1. The predicted octanol–water partition coefficient (Wildman–Crippen LogP) is 3.67. The second kappa shape index (κ2) is 6.87. The molecule has 1 saturated heterocycles. The molecular weight excluding hydrogens is 324 g/mol. The second-order valence-electron chi connectivity index (χ2n) is 7.11. The number of aryl methyl sites for hydroxylation is 1. The molecule has 1 aliphatic rings. The summed E-state index contributed by atoms with van der Waals surface area (Å²) in [7, 11) is 4.32. The smallest absolute Gasteiger partial charge is 0.336 e. The Morgan fingerprint density at radius 3 is 2.83 bits per heavy atom. The lowest BCUT2D eigenvalue weighted by Gasteiger charge is -2.39. The molecule has 24 heavy (non-hydrogen) atoms. The average Bonchev–Trinajstić information content (AvgIpc) is 2.51. The van der Waals surface area contributed by atoms with Gasteiger partial charge in [0.15, 0.2) is 0 Å². The van der Waals surface area contributed by atoms with Crippen LogP contribution in [0.2, 0.25) is 5.02 Å². The molecule has 1 aliphatic heterocycles. The number of benzene rings is 1. The average molecular weight is 349 g/mol. The van der Waals surface area contributed by atoms with Crippen molar-refractivity contribution in [1.29, 1.82) is 0 Å². The topological polar surface area (TPSA) is 36.7 Å². The van der Waals surface area contributed by atoms with Crippen molar-refractivity contribution in [1.82, 2.24) is 9.80 Å². The first-order valence-corrected chi connectivity index (χ1v) is 8.86. The standard InChI is InChI=1S/C19H25ClN2O2/c1-12-7-18-16(10-17(12)20)14(9-19(23)24-18)11-22(4)15-5-6-21(3)13(2)8-15/h7,9-10,13,15H,5-6,8,11H2,1-4H3/t13-,15+/m0/s1. The first-order chi connectivity index (χ1) is 11.3. The van der Waals surface area contributed by atoms with Crippen LogP contribution in [0, 0.1) is 6.92 Å². The third-order valence-electron chi connectivity index (χ3n) is 5.33. The molecule has 0 unspecified atom stereocenters. The summed E-state index contributed by atoms with van der Waals surface area (Å²) >= 11 is 6.28. The molecule has 4 nitrogen and oxygen atoms in total. The minimum atomic E-state index is -0.302. The van der Waals surface area contributed by atoms with Crippen LogP contribution >= 0.6 is 11.6 Å². The van der Waals surface area contributed by atoms with E-state index in [1.165, 1.54) is 0 Å². The van der Waals surface area contributed by atoms with Crippen LogP contribution in [0.5, 0.6) is 0 Å². The number of fused-ring (bicyclic) bond motifs is 1. The van der Waals surface area contributed by atoms with E-state index in [2.05, 4.69) is 30.8 Å². The number of likely N-dealkylation sites (tertiary alicyclic amines) is 1. The second-order valence-corrected chi connectivity index (χ2v) is 7.52. The van der Waals surface area contributed by atoms with E-state index in [4.69, 9.17) is 16.0 Å². The SMILES string of the molecule is Cc1cc2oc(=O)cc(CN(C)[C@@H]3CCN(C)[C@@H](C)C3)c2cc1Cl. The molecule has 0 bridgehead atoms. The molecule has 0 radical (unpaired) electrons. The van der Waals surface area contributed by atoms with Crippen LogP contribution in [-0.2, 0) is 6.54 Å². The summed E-state index contributed by atoms with van der Waals surface area (Å²) in [6.07, 6.45) is 2.29. The zero-order chi connectivity index (χ0) is 17.4. The summed E-state index contributed by atoms with van der Waals surface area (Å²) in [5.74, 6) is 0. The van der Waals surface area contributed by atoms with Crippen molar-refractivity contribution in [2.24, 2.45) is 0 Å². The maximum absolute atomic E-state index is 11.9. The lowest BCUT2D eigenvalue weighted by atomic mass is 9.97. The van der Waals surface area contributed by atoms with Crippen LogP contribution < -0.4 is 5.63 Å². The van der Waals surface area contributed by atoms with Gasteiger partial charge in [0.1, 0.15) is 5.58 Å². The Bertz CT molecular complexity index is 802. The molecule has 130 valence electrons.